The van der Waals surface area contributed by atoms with E-state index < -0.39 is 10.1 Å². The molecule has 3 nitrogen and oxygen atoms in total. The molecule has 1 aromatic carbocycles. The zero-order valence-electron chi connectivity index (χ0n) is 8.39. The van der Waals surface area contributed by atoms with Crippen LogP contribution in [-0.4, -0.2) is 18.7 Å². The summed E-state index contributed by atoms with van der Waals surface area (Å²) in [6.45, 7) is 3.87. The van der Waals surface area contributed by atoms with Gasteiger partial charge in [-0.2, -0.15) is 8.42 Å². The van der Waals surface area contributed by atoms with Crippen LogP contribution in [0.25, 0.3) is 5.57 Å². The van der Waals surface area contributed by atoms with Crippen molar-refractivity contribution in [2.45, 2.75) is 12.8 Å². The quantitative estimate of drug-likeness (QED) is 0.784. The number of benzene rings is 1. The van der Waals surface area contributed by atoms with Crippen molar-refractivity contribution in [1.82, 2.24) is 0 Å². The van der Waals surface area contributed by atoms with Gasteiger partial charge >= 0.3 is 0 Å². The van der Waals surface area contributed by atoms with Crippen molar-refractivity contribution in [2.75, 3.05) is 5.75 Å². The van der Waals surface area contributed by atoms with Gasteiger partial charge in [-0.3, -0.25) is 4.55 Å². The van der Waals surface area contributed by atoms with Crippen molar-refractivity contribution in [2.24, 2.45) is 0 Å². The molecule has 1 N–H and O–H groups in total. The van der Waals surface area contributed by atoms with Crippen molar-refractivity contribution in [3.8, 4) is 0 Å². The van der Waals surface area contributed by atoms with Gasteiger partial charge < -0.3 is 0 Å². The molecule has 0 saturated heterocycles. The normalized spacial score (nSPS) is 11.3. The summed E-state index contributed by atoms with van der Waals surface area (Å²) >= 11 is 0. The molecular formula is C11H14O3S. The van der Waals surface area contributed by atoms with Crippen LogP contribution in [0.3, 0.4) is 0 Å². The third-order valence-corrected chi connectivity index (χ3v) is 2.87. The van der Waals surface area contributed by atoms with E-state index in [1.165, 1.54) is 0 Å². The highest BCUT2D eigenvalue weighted by atomic mass is 32.2. The highest BCUT2D eigenvalue weighted by Gasteiger charge is 2.05. The smallest absolute Gasteiger partial charge is 0.264 e. The van der Waals surface area contributed by atoms with E-state index in [2.05, 4.69) is 6.58 Å². The van der Waals surface area contributed by atoms with Crippen LogP contribution in [0.1, 0.15) is 18.4 Å². The fraction of sp³-hybridized carbons (Fsp3) is 0.273. The van der Waals surface area contributed by atoms with Crippen LogP contribution >= 0.6 is 0 Å². The lowest BCUT2D eigenvalue weighted by Crippen LogP contribution is -2.03. The molecule has 0 spiro atoms. The molecule has 4 heteroatoms. The Labute approximate surface area is 90.2 Å². The molecule has 0 aromatic heterocycles. The summed E-state index contributed by atoms with van der Waals surface area (Å²) in [6.07, 6.45) is 0.969. The Bertz CT molecular complexity index is 420. The van der Waals surface area contributed by atoms with Crippen LogP contribution in [-0.2, 0) is 10.1 Å². The molecule has 0 aliphatic rings. The second kappa shape index (κ2) is 5.09. The van der Waals surface area contributed by atoms with Crippen molar-refractivity contribution in [3.05, 3.63) is 42.5 Å². The second-order valence-electron chi connectivity index (χ2n) is 3.36. The van der Waals surface area contributed by atoms with E-state index >= 15 is 0 Å². The van der Waals surface area contributed by atoms with Gasteiger partial charge in [0.2, 0.25) is 0 Å². The lowest BCUT2D eigenvalue weighted by atomic mass is 10.0. The predicted octanol–water partition coefficient (Wildman–Crippen LogP) is 2.37. The first kappa shape index (κ1) is 11.9. The molecule has 0 radical (unpaired) electrons. The first-order chi connectivity index (χ1) is 6.99. The van der Waals surface area contributed by atoms with Crippen LogP contribution in [0.15, 0.2) is 36.9 Å². The monoisotopic (exact) mass is 226 g/mol. The van der Waals surface area contributed by atoms with Gasteiger partial charge in [0.25, 0.3) is 10.1 Å². The van der Waals surface area contributed by atoms with E-state index in [0.29, 0.717) is 12.8 Å². The van der Waals surface area contributed by atoms with Crippen molar-refractivity contribution in [3.63, 3.8) is 0 Å². The van der Waals surface area contributed by atoms with Crippen molar-refractivity contribution < 1.29 is 13.0 Å². The molecule has 0 aliphatic heterocycles. The molecule has 0 atom stereocenters. The minimum atomic E-state index is -3.84. The lowest BCUT2D eigenvalue weighted by molar-refractivity contribution is 0.481. The van der Waals surface area contributed by atoms with E-state index in [4.69, 9.17) is 4.55 Å². The van der Waals surface area contributed by atoms with Crippen molar-refractivity contribution in [1.29, 1.82) is 0 Å². The van der Waals surface area contributed by atoms with Gasteiger partial charge in [0.05, 0.1) is 5.75 Å². The lowest BCUT2D eigenvalue weighted by Gasteiger charge is -2.04. The van der Waals surface area contributed by atoms with Gasteiger partial charge in [-0.1, -0.05) is 36.9 Å². The Balaban J connectivity index is 2.45. The highest BCUT2D eigenvalue weighted by Crippen LogP contribution is 2.17. The fourth-order valence-corrected chi connectivity index (χ4v) is 1.80. The van der Waals surface area contributed by atoms with Gasteiger partial charge in [0.1, 0.15) is 0 Å². The molecule has 0 aliphatic carbocycles. The second-order valence-corrected chi connectivity index (χ2v) is 4.93. The zero-order valence-corrected chi connectivity index (χ0v) is 9.20. The molecule has 1 aromatic rings. The van der Waals surface area contributed by atoms with Gasteiger partial charge in [-0.05, 0) is 24.0 Å². The van der Waals surface area contributed by atoms with Crippen molar-refractivity contribution >= 4 is 15.7 Å². The summed E-state index contributed by atoms with van der Waals surface area (Å²) in [5.74, 6) is -0.209. The summed E-state index contributed by atoms with van der Waals surface area (Å²) in [7, 11) is -3.84. The highest BCUT2D eigenvalue weighted by molar-refractivity contribution is 7.85. The number of hydrogen-bond donors (Lipinski definition) is 1. The molecule has 0 bridgehead atoms. The molecule has 1 rings (SSSR count). The number of rotatable bonds is 5. The minimum absolute atomic E-state index is 0.209. The molecule has 0 unspecified atom stereocenters. The van der Waals surface area contributed by atoms with E-state index in [0.717, 1.165) is 11.1 Å². The Morgan fingerprint density at radius 3 is 2.40 bits per heavy atom. The van der Waals surface area contributed by atoms with Gasteiger partial charge in [-0.15, -0.1) is 0 Å². The van der Waals surface area contributed by atoms with E-state index in [-0.39, 0.29) is 5.75 Å². The molecule has 0 saturated carbocycles. The van der Waals surface area contributed by atoms with Crippen LogP contribution in [0, 0.1) is 0 Å². The fourth-order valence-electron chi connectivity index (χ4n) is 1.29. The van der Waals surface area contributed by atoms with Crippen LogP contribution in [0.5, 0.6) is 0 Å². The van der Waals surface area contributed by atoms with Crippen LogP contribution in [0.4, 0.5) is 0 Å². The Kier molecular flexibility index (Phi) is 4.05. The topological polar surface area (TPSA) is 54.4 Å². The summed E-state index contributed by atoms with van der Waals surface area (Å²) in [6, 6.07) is 9.58. The largest absolute Gasteiger partial charge is 0.286 e. The van der Waals surface area contributed by atoms with E-state index in [1.54, 1.807) is 0 Å². The predicted molar refractivity (Wildman–Crippen MR) is 61.1 cm³/mol. The Morgan fingerprint density at radius 1 is 1.27 bits per heavy atom. The van der Waals surface area contributed by atoms with Crippen LogP contribution < -0.4 is 0 Å². The first-order valence-corrected chi connectivity index (χ1v) is 6.28. The maximum absolute atomic E-state index is 10.5. The summed E-state index contributed by atoms with van der Waals surface area (Å²) < 4.78 is 29.5. The first-order valence-electron chi connectivity index (χ1n) is 4.67. The van der Waals surface area contributed by atoms with Gasteiger partial charge in [-0.25, -0.2) is 0 Å². The average Bonchev–Trinajstić information content (AvgIpc) is 2.17. The zero-order chi connectivity index (χ0) is 11.3. The molecule has 0 heterocycles. The molecular weight excluding hydrogens is 212 g/mol. The third-order valence-electron chi connectivity index (χ3n) is 2.06. The van der Waals surface area contributed by atoms with Gasteiger partial charge in [0.15, 0.2) is 0 Å². The SMILES string of the molecule is C=C(CCCS(=O)(=O)O)c1ccccc1. The van der Waals surface area contributed by atoms with Crippen LogP contribution in [0.2, 0.25) is 0 Å². The summed E-state index contributed by atoms with van der Waals surface area (Å²) in [5, 5.41) is 0. The maximum Gasteiger partial charge on any atom is 0.264 e. The molecule has 0 amide bonds. The summed E-state index contributed by atoms with van der Waals surface area (Å²) in [4.78, 5) is 0. The van der Waals surface area contributed by atoms with E-state index in [9.17, 15) is 8.42 Å². The molecule has 0 fully saturated rings. The number of allylic oxidation sites excluding steroid dienone is 1. The molecule has 82 valence electrons. The average molecular weight is 226 g/mol. The summed E-state index contributed by atoms with van der Waals surface area (Å²) in [5.41, 5.74) is 1.90. The number of hydrogen-bond acceptors (Lipinski definition) is 2. The standard InChI is InChI=1S/C11H14O3S/c1-10(6-5-9-15(12,13)14)11-7-3-2-4-8-11/h2-4,7-8H,1,5-6,9H2,(H,12,13,14). The third kappa shape index (κ3) is 4.76. The Hall–Kier alpha value is -1.13. The van der Waals surface area contributed by atoms with E-state index in [1.807, 2.05) is 30.3 Å². The maximum atomic E-state index is 10.5. The van der Waals surface area contributed by atoms with Gasteiger partial charge in [0, 0.05) is 0 Å². The molecule has 15 heavy (non-hydrogen) atoms. The minimum Gasteiger partial charge on any atom is -0.286 e. The Morgan fingerprint density at radius 2 is 1.87 bits per heavy atom.